The molecule has 134 valence electrons. The van der Waals surface area contributed by atoms with Crippen molar-refractivity contribution in [1.82, 2.24) is 4.90 Å². The standard InChI is InChI=1S/C17H25NO4S2/c1-12-3-4-15-13(9-12)10-16(23-15)17(19)18(6-7-22-2)14-5-8-24(20,21)11-14/h10,12,14H,3-9,11H2,1-2H3. The highest BCUT2D eigenvalue weighted by Gasteiger charge is 2.35. The Bertz CT molecular complexity index is 710. The predicted molar refractivity (Wildman–Crippen MR) is 95.5 cm³/mol. The minimum atomic E-state index is -3.02. The molecule has 2 aliphatic rings. The van der Waals surface area contributed by atoms with Crippen molar-refractivity contribution in [2.75, 3.05) is 31.8 Å². The lowest BCUT2D eigenvalue weighted by molar-refractivity contribution is 0.0629. The average molecular weight is 372 g/mol. The summed E-state index contributed by atoms with van der Waals surface area (Å²) in [5.41, 5.74) is 1.30. The molecular weight excluding hydrogens is 346 g/mol. The first-order valence-corrected chi connectivity index (χ1v) is 11.2. The monoisotopic (exact) mass is 371 g/mol. The third-order valence-corrected chi connectivity index (χ3v) is 7.96. The topological polar surface area (TPSA) is 63.7 Å². The van der Waals surface area contributed by atoms with Gasteiger partial charge in [0, 0.05) is 24.6 Å². The summed E-state index contributed by atoms with van der Waals surface area (Å²) >= 11 is 1.58. The minimum Gasteiger partial charge on any atom is -0.383 e. The van der Waals surface area contributed by atoms with Crippen LogP contribution in [0, 0.1) is 5.92 Å². The Morgan fingerprint density at radius 3 is 2.88 bits per heavy atom. The van der Waals surface area contributed by atoms with E-state index in [1.54, 1.807) is 23.3 Å². The van der Waals surface area contributed by atoms with Gasteiger partial charge in [-0.2, -0.15) is 0 Å². The molecule has 0 aromatic carbocycles. The first-order valence-electron chi connectivity index (χ1n) is 8.51. The van der Waals surface area contributed by atoms with Gasteiger partial charge in [-0.3, -0.25) is 4.79 Å². The molecule has 1 aliphatic carbocycles. The molecule has 0 radical (unpaired) electrons. The van der Waals surface area contributed by atoms with Gasteiger partial charge in [-0.05, 0) is 43.2 Å². The number of aryl methyl sites for hydroxylation is 1. The minimum absolute atomic E-state index is 0.0406. The normalized spacial score (nSPS) is 25.4. The van der Waals surface area contributed by atoms with Crippen molar-refractivity contribution >= 4 is 27.1 Å². The number of fused-ring (bicyclic) bond motifs is 1. The Hall–Kier alpha value is -0.920. The highest BCUT2D eigenvalue weighted by Crippen LogP contribution is 2.33. The second kappa shape index (κ2) is 7.14. The van der Waals surface area contributed by atoms with Gasteiger partial charge in [0.25, 0.3) is 5.91 Å². The van der Waals surface area contributed by atoms with Crippen LogP contribution in [-0.4, -0.2) is 57.0 Å². The van der Waals surface area contributed by atoms with Crippen molar-refractivity contribution in [1.29, 1.82) is 0 Å². The summed E-state index contributed by atoms with van der Waals surface area (Å²) in [5, 5.41) is 0. The van der Waals surface area contributed by atoms with E-state index in [2.05, 4.69) is 6.92 Å². The Morgan fingerprint density at radius 1 is 1.42 bits per heavy atom. The van der Waals surface area contributed by atoms with E-state index >= 15 is 0 Å². The number of sulfone groups is 1. The van der Waals surface area contributed by atoms with Crippen LogP contribution in [0.15, 0.2) is 6.07 Å². The van der Waals surface area contributed by atoms with Gasteiger partial charge < -0.3 is 9.64 Å². The second-order valence-electron chi connectivity index (χ2n) is 6.96. The number of ether oxygens (including phenoxy) is 1. The van der Waals surface area contributed by atoms with Crippen molar-refractivity contribution in [3.05, 3.63) is 21.4 Å². The maximum atomic E-state index is 13.0. The number of nitrogens with zero attached hydrogens (tertiary/aromatic N) is 1. The number of rotatable bonds is 5. The first kappa shape index (κ1) is 17.9. The lowest BCUT2D eigenvalue weighted by atomic mass is 9.90. The van der Waals surface area contributed by atoms with Gasteiger partial charge in [-0.15, -0.1) is 11.3 Å². The molecule has 1 amide bonds. The zero-order chi connectivity index (χ0) is 17.3. The molecule has 3 rings (SSSR count). The third kappa shape index (κ3) is 3.83. The Kier molecular flexibility index (Phi) is 5.32. The van der Waals surface area contributed by atoms with Crippen molar-refractivity contribution in [2.24, 2.45) is 5.92 Å². The summed E-state index contributed by atoms with van der Waals surface area (Å²) in [7, 11) is -1.43. The maximum Gasteiger partial charge on any atom is 0.264 e. The number of carbonyl (C=O) groups is 1. The van der Waals surface area contributed by atoms with E-state index in [9.17, 15) is 13.2 Å². The molecule has 7 heteroatoms. The van der Waals surface area contributed by atoms with Crippen molar-refractivity contribution in [3.63, 3.8) is 0 Å². The van der Waals surface area contributed by atoms with Crippen LogP contribution >= 0.6 is 11.3 Å². The predicted octanol–water partition coefficient (Wildman–Crippen LogP) is 2.15. The van der Waals surface area contributed by atoms with E-state index in [1.807, 2.05) is 6.07 Å². The fraction of sp³-hybridized carbons (Fsp3) is 0.706. The fourth-order valence-electron chi connectivity index (χ4n) is 3.61. The van der Waals surface area contributed by atoms with Gasteiger partial charge in [-0.1, -0.05) is 6.92 Å². The summed E-state index contributed by atoms with van der Waals surface area (Å²) in [5.74, 6) is 0.873. The summed E-state index contributed by atoms with van der Waals surface area (Å²) < 4.78 is 28.7. The van der Waals surface area contributed by atoms with E-state index in [4.69, 9.17) is 4.74 Å². The summed E-state index contributed by atoms with van der Waals surface area (Å²) in [6, 6.07) is 1.80. The molecule has 24 heavy (non-hydrogen) atoms. The van der Waals surface area contributed by atoms with Crippen LogP contribution in [0.4, 0.5) is 0 Å². The Balaban J connectivity index is 1.81. The van der Waals surface area contributed by atoms with Gasteiger partial charge in [0.15, 0.2) is 9.84 Å². The SMILES string of the molecule is COCCN(C(=O)c1cc2c(s1)CCC(C)C2)C1CCS(=O)(=O)C1. The van der Waals surface area contributed by atoms with Crippen LogP contribution in [-0.2, 0) is 27.4 Å². The summed E-state index contributed by atoms with van der Waals surface area (Å²) in [6.45, 7) is 3.11. The van der Waals surface area contributed by atoms with Crippen molar-refractivity contribution < 1.29 is 17.9 Å². The smallest absolute Gasteiger partial charge is 0.264 e. The molecule has 0 saturated carbocycles. The van der Waals surface area contributed by atoms with E-state index < -0.39 is 9.84 Å². The molecule has 5 nitrogen and oxygen atoms in total. The number of hydrogen-bond acceptors (Lipinski definition) is 5. The lowest BCUT2D eigenvalue weighted by Gasteiger charge is -2.27. The molecule has 0 spiro atoms. The van der Waals surface area contributed by atoms with Gasteiger partial charge in [-0.25, -0.2) is 8.42 Å². The van der Waals surface area contributed by atoms with Gasteiger partial charge in [0.2, 0.25) is 0 Å². The lowest BCUT2D eigenvalue weighted by Crippen LogP contribution is -2.42. The number of methoxy groups -OCH3 is 1. The van der Waals surface area contributed by atoms with E-state index in [0.29, 0.717) is 25.5 Å². The highest BCUT2D eigenvalue weighted by atomic mass is 32.2. The molecule has 2 atom stereocenters. The van der Waals surface area contributed by atoms with Crippen LogP contribution in [0.25, 0.3) is 0 Å². The third-order valence-electron chi connectivity index (χ3n) is 4.99. The van der Waals surface area contributed by atoms with Crippen LogP contribution in [0.1, 0.15) is 39.9 Å². The molecular formula is C17H25NO4S2. The Morgan fingerprint density at radius 2 is 2.21 bits per heavy atom. The molecule has 2 heterocycles. The van der Waals surface area contributed by atoms with Crippen LogP contribution in [0.5, 0.6) is 0 Å². The van der Waals surface area contributed by atoms with Crippen molar-refractivity contribution in [2.45, 2.75) is 38.6 Å². The molecule has 2 unspecified atom stereocenters. The van der Waals surface area contributed by atoms with E-state index in [0.717, 1.165) is 17.7 Å². The molecule has 0 N–H and O–H groups in total. The molecule has 1 aliphatic heterocycles. The average Bonchev–Trinajstić information content (AvgIpc) is 3.10. The van der Waals surface area contributed by atoms with E-state index in [1.165, 1.54) is 16.9 Å². The quantitative estimate of drug-likeness (QED) is 0.796. The zero-order valence-electron chi connectivity index (χ0n) is 14.3. The summed E-state index contributed by atoms with van der Waals surface area (Å²) in [6.07, 6.45) is 3.79. The van der Waals surface area contributed by atoms with Crippen LogP contribution in [0.2, 0.25) is 0 Å². The maximum absolute atomic E-state index is 13.0. The fourth-order valence-corrected chi connectivity index (χ4v) is 6.51. The molecule has 1 aromatic heterocycles. The molecule has 1 aromatic rings. The number of thiophene rings is 1. The summed E-state index contributed by atoms with van der Waals surface area (Å²) in [4.78, 5) is 16.8. The molecule has 1 fully saturated rings. The van der Waals surface area contributed by atoms with Gasteiger partial charge in [0.1, 0.15) is 0 Å². The van der Waals surface area contributed by atoms with E-state index in [-0.39, 0.29) is 23.5 Å². The number of hydrogen-bond donors (Lipinski definition) is 0. The Labute approximate surface area is 147 Å². The number of amides is 1. The van der Waals surface area contributed by atoms with Crippen LogP contribution < -0.4 is 0 Å². The zero-order valence-corrected chi connectivity index (χ0v) is 15.9. The van der Waals surface area contributed by atoms with Crippen LogP contribution in [0.3, 0.4) is 0 Å². The molecule has 0 bridgehead atoms. The molecule has 1 saturated heterocycles. The first-order chi connectivity index (χ1) is 11.4. The largest absolute Gasteiger partial charge is 0.383 e. The van der Waals surface area contributed by atoms with Gasteiger partial charge >= 0.3 is 0 Å². The second-order valence-corrected chi connectivity index (χ2v) is 10.3. The highest BCUT2D eigenvalue weighted by molar-refractivity contribution is 7.91. The van der Waals surface area contributed by atoms with Crippen molar-refractivity contribution in [3.8, 4) is 0 Å². The number of carbonyl (C=O) groups excluding carboxylic acids is 1. The van der Waals surface area contributed by atoms with Gasteiger partial charge in [0.05, 0.1) is 23.0 Å².